The number of imidazole rings is 1. The van der Waals surface area contributed by atoms with Gasteiger partial charge < -0.3 is 4.57 Å². The van der Waals surface area contributed by atoms with Crippen LogP contribution in [0.15, 0.2) is 29.7 Å². The summed E-state index contributed by atoms with van der Waals surface area (Å²) in [6.07, 6.45) is 10.6. The van der Waals surface area contributed by atoms with E-state index in [0.717, 1.165) is 19.4 Å². The van der Waals surface area contributed by atoms with Crippen LogP contribution < -0.4 is 0 Å². The van der Waals surface area contributed by atoms with E-state index in [0.29, 0.717) is 0 Å². The van der Waals surface area contributed by atoms with Crippen LogP contribution in [0.2, 0.25) is 0 Å². The molecule has 0 atom stereocenters. The molecule has 0 spiro atoms. The van der Waals surface area contributed by atoms with Crippen LogP contribution in [0.4, 0.5) is 0 Å². The highest BCUT2D eigenvalue weighted by molar-refractivity contribution is 5.47. The summed E-state index contributed by atoms with van der Waals surface area (Å²) in [7, 11) is 0. The Labute approximate surface area is 98.7 Å². The van der Waals surface area contributed by atoms with Crippen molar-refractivity contribution in [3.8, 4) is 0 Å². The van der Waals surface area contributed by atoms with Crippen molar-refractivity contribution in [2.24, 2.45) is 0 Å². The molecule has 0 fully saturated rings. The zero-order valence-electron chi connectivity index (χ0n) is 10.8. The predicted octanol–water partition coefficient (Wildman–Crippen LogP) is 4.05. The molecule has 2 heteroatoms. The molecule has 1 aromatic rings. The molecule has 0 saturated heterocycles. The molecule has 1 heterocycles. The van der Waals surface area contributed by atoms with Gasteiger partial charge >= 0.3 is 0 Å². The van der Waals surface area contributed by atoms with Crippen LogP contribution in [0.1, 0.15) is 46.2 Å². The minimum Gasteiger partial charge on any atom is -0.331 e. The average Bonchev–Trinajstić information content (AvgIpc) is 2.64. The fourth-order valence-corrected chi connectivity index (χ4v) is 1.63. The minimum absolute atomic E-state index is 0.979. The number of nitrogens with zero attached hydrogens (tertiary/aromatic N) is 2. The molecule has 0 aliphatic heterocycles. The Hall–Kier alpha value is -1.31. The molecular weight excluding hydrogens is 196 g/mol. The van der Waals surface area contributed by atoms with Gasteiger partial charge in [0.2, 0.25) is 0 Å². The van der Waals surface area contributed by atoms with Crippen molar-refractivity contribution in [1.82, 2.24) is 9.55 Å². The van der Waals surface area contributed by atoms with Gasteiger partial charge in [-0.25, -0.2) is 4.98 Å². The Kier molecular flexibility index (Phi) is 5.03. The molecule has 1 aromatic heterocycles. The first kappa shape index (κ1) is 12.8. The molecule has 0 unspecified atom stereocenters. The number of allylic oxidation sites excluding steroid dienone is 3. The molecule has 0 N–H and O–H groups in total. The third-order valence-corrected chi connectivity index (χ3v) is 2.57. The maximum Gasteiger partial charge on any atom is 0.0950 e. The lowest BCUT2D eigenvalue weighted by molar-refractivity contribution is 0.753. The SMILES string of the molecule is CCn1cncc1C=C(C)CCC=C(C)C. The molecular formula is C14H22N2. The van der Waals surface area contributed by atoms with Crippen molar-refractivity contribution in [1.29, 1.82) is 0 Å². The smallest absolute Gasteiger partial charge is 0.0950 e. The second kappa shape index (κ2) is 6.31. The van der Waals surface area contributed by atoms with Crippen LogP contribution in [0.3, 0.4) is 0 Å². The van der Waals surface area contributed by atoms with Crippen molar-refractivity contribution < 1.29 is 0 Å². The molecule has 0 radical (unpaired) electrons. The first-order valence-electron chi connectivity index (χ1n) is 5.94. The van der Waals surface area contributed by atoms with E-state index in [4.69, 9.17) is 0 Å². The molecule has 0 aromatic carbocycles. The van der Waals surface area contributed by atoms with Gasteiger partial charge in [0.25, 0.3) is 0 Å². The first-order chi connectivity index (χ1) is 7.63. The van der Waals surface area contributed by atoms with Crippen molar-refractivity contribution in [3.63, 3.8) is 0 Å². The van der Waals surface area contributed by atoms with Gasteiger partial charge in [0.15, 0.2) is 0 Å². The Bertz CT molecular complexity index is 379. The van der Waals surface area contributed by atoms with E-state index in [9.17, 15) is 0 Å². The highest BCUT2D eigenvalue weighted by Gasteiger charge is 1.97. The van der Waals surface area contributed by atoms with Crippen LogP contribution in [0.25, 0.3) is 6.08 Å². The summed E-state index contributed by atoms with van der Waals surface area (Å²) >= 11 is 0. The summed E-state index contributed by atoms with van der Waals surface area (Å²) in [6, 6.07) is 0. The normalized spacial score (nSPS) is 11.6. The maximum atomic E-state index is 4.16. The standard InChI is InChI=1S/C14H22N2/c1-5-16-11-15-10-14(16)9-13(4)8-6-7-12(2)3/h7,9-11H,5-6,8H2,1-4H3. The summed E-state index contributed by atoms with van der Waals surface area (Å²) < 4.78 is 2.16. The number of aryl methyl sites for hydroxylation is 1. The van der Waals surface area contributed by atoms with Crippen molar-refractivity contribution in [2.45, 2.75) is 47.1 Å². The molecule has 0 saturated carbocycles. The molecule has 16 heavy (non-hydrogen) atoms. The van der Waals surface area contributed by atoms with Crippen molar-refractivity contribution >= 4 is 6.08 Å². The lowest BCUT2D eigenvalue weighted by atomic mass is 10.1. The summed E-state index contributed by atoms with van der Waals surface area (Å²) in [5, 5.41) is 0. The Morgan fingerprint density at radius 2 is 2.12 bits per heavy atom. The summed E-state index contributed by atoms with van der Waals surface area (Å²) in [5.74, 6) is 0. The maximum absolute atomic E-state index is 4.16. The fraction of sp³-hybridized carbons (Fsp3) is 0.500. The molecule has 1 rings (SSSR count). The monoisotopic (exact) mass is 218 g/mol. The Balaban J connectivity index is 2.59. The van der Waals surface area contributed by atoms with Crippen LogP contribution in [0.5, 0.6) is 0 Å². The van der Waals surface area contributed by atoms with Gasteiger partial charge in [0.05, 0.1) is 18.2 Å². The van der Waals surface area contributed by atoms with E-state index in [1.807, 2.05) is 12.5 Å². The van der Waals surface area contributed by atoms with Gasteiger partial charge in [-0.1, -0.05) is 17.2 Å². The second-order valence-corrected chi connectivity index (χ2v) is 4.42. The van der Waals surface area contributed by atoms with Crippen LogP contribution in [0, 0.1) is 0 Å². The first-order valence-corrected chi connectivity index (χ1v) is 5.94. The van der Waals surface area contributed by atoms with E-state index in [1.165, 1.54) is 16.8 Å². The van der Waals surface area contributed by atoms with E-state index >= 15 is 0 Å². The third kappa shape index (κ3) is 4.05. The molecule has 88 valence electrons. The van der Waals surface area contributed by atoms with Crippen LogP contribution in [-0.4, -0.2) is 9.55 Å². The summed E-state index contributed by atoms with van der Waals surface area (Å²) in [4.78, 5) is 4.16. The molecule has 0 aliphatic rings. The van der Waals surface area contributed by atoms with E-state index in [1.54, 1.807) is 0 Å². The zero-order chi connectivity index (χ0) is 12.0. The Morgan fingerprint density at radius 3 is 2.75 bits per heavy atom. The average molecular weight is 218 g/mol. The number of hydrogen-bond acceptors (Lipinski definition) is 1. The van der Waals surface area contributed by atoms with Crippen LogP contribution in [-0.2, 0) is 6.54 Å². The zero-order valence-corrected chi connectivity index (χ0v) is 10.8. The molecule has 0 aliphatic carbocycles. The highest BCUT2D eigenvalue weighted by atomic mass is 15.0. The molecule has 2 nitrogen and oxygen atoms in total. The van der Waals surface area contributed by atoms with Gasteiger partial charge in [0, 0.05) is 6.54 Å². The van der Waals surface area contributed by atoms with Crippen molar-refractivity contribution in [3.05, 3.63) is 35.4 Å². The second-order valence-electron chi connectivity index (χ2n) is 4.42. The van der Waals surface area contributed by atoms with E-state index in [-0.39, 0.29) is 0 Å². The topological polar surface area (TPSA) is 17.8 Å². The minimum atomic E-state index is 0.979. The molecule has 0 bridgehead atoms. The van der Waals surface area contributed by atoms with Gasteiger partial charge in [0.1, 0.15) is 0 Å². The predicted molar refractivity (Wildman–Crippen MR) is 70.2 cm³/mol. The number of rotatable bonds is 5. The van der Waals surface area contributed by atoms with Gasteiger partial charge in [-0.3, -0.25) is 0 Å². The van der Waals surface area contributed by atoms with E-state index < -0.39 is 0 Å². The summed E-state index contributed by atoms with van der Waals surface area (Å²) in [6.45, 7) is 9.59. The summed E-state index contributed by atoms with van der Waals surface area (Å²) in [5.41, 5.74) is 4.01. The van der Waals surface area contributed by atoms with Gasteiger partial charge in [-0.15, -0.1) is 0 Å². The fourth-order valence-electron chi connectivity index (χ4n) is 1.63. The molecule has 0 amide bonds. The van der Waals surface area contributed by atoms with E-state index in [2.05, 4.69) is 49.4 Å². The van der Waals surface area contributed by atoms with Crippen LogP contribution >= 0.6 is 0 Å². The number of hydrogen-bond donors (Lipinski definition) is 0. The number of aromatic nitrogens is 2. The quantitative estimate of drug-likeness (QED) is 0.682. The largest absolute Gasteiger partial charge is 0.331 e. The lowest BCUT2D eigenvalue weighted by Crippen LogP contribution is -1.94. The van der Waals surface area contributed by atoms with Crippen molar-refractivity contribution in [2.75, 3.05) is 0 Å². The third-order valence-electron chi connectivity index (χ3n) is 2.57. The Morgan fingerprint density at radius 1 is 1.38 bits per heavy atom. The van der Waals surface area contributed by atoms with Gasteiger partial charge in [-0.2, -0.15) is 0 Å². The lowest BCUT2D eigenvalue weighted by Gasteiger charge is -2.02. The highest BCUT2D eigenvalue weighted by Crippen LogP contribution is 2.12. The van der Waals surface area contributed by atoms with Gasteiger partial charge in [-0.05, 0) is 46.6 Å².